The lowest BCUT2D eigenvalue weighted by Gasteiger charge is -2.53. The number of hydrogen-bond donors (Lipinski definition) is 6. The second-order valence-corrected chi connectivity index (χ2v) is 9.48. The molecule has 12 nitrogen and oxygen atoms in total. The number of amides is 1. The molecule has 0 radical (unpaired) electrons. The average Bonchev–Trinajstić information content (AvgIpc) is 2.82. The van der Waals surface area contributed by atoms with Crippen LogP contribution in [0.15, 0.2) is 35.6 Å². The van der Waals surface area contributed by atoms with Crippen molar-refractivity contribution in [2.24, 2.45) is 17.6 Å². The molecule has 0 heterocycles. The zero-order chi connectivity index (χ0) is 27.7. The number of phenolic OH excluding ortho intramolecular Hbond substituents is 1. The number of hydrogen-bond acceptors (Lipinski definition) is 11. The van der Waals surface area contributed by atoms with Gasteiger partial charge >= 0.3 is 5.97 Å². The largest absolute Gasteiger partial charge is 0.508 e. The first-order valence-electron chi connectivity index (χ1n) is 11.4. The first-order chi connectivity index (χ1) is 17.2. The number of ketones is 2. The van der Waals surface area contributed by atoms with Gasteiger partial charge in [-0.05, 0) is 31.3 Å². The zero-order valence-corrected chi connectivity index (χ0v) is 20.3. The van der Waals surface area contributed by atoms with E-state index >= 15 is 0 Å². The molecule has 0 spiro atoms. The van der Waals surface area contributed by atoms with Crippen molar-refractivity contribution in [2.45, 2.75) is 31.1 Å². The number of carbonyl (C=O) groups is 4. The number of Topliss-reactive ketones (excluding diaryl/α,β-unsaturated/α-hetero) is 2. The maximum atomic E-state index is 14.0. The lowest BCUT2D eigenvalue weighted by molar-refractivity contribution is -0.181. The minimum Gasteiger partial charge on any atom is -0.508 e. The Balaban J connectivity index is 2.13. The third-order valence-corrected chi connectivity index (χ3v) is 7.30. The van der Waals surface area contributed by atoms with Gasteiger partial charge in [0.1, 0.15) is 28.9 Å². The number of ether oxygens (including phenoxy) is 1. The molecule has 0 unspecified atom stereocenters. The summed E-state index contributed by atoms with van der Waals surface area (Å²) in [5, 5.41) is 44.7. The molecule has 3 aliphatic rings. The number of nitrogen functional groups attached to an aromatic ring is 1. The number of rotatable bonds is 4. The van der Waals surface area contributed by atoms with Crippen molar-refractivity contribution in [2.75, 3.05) is 19.8 Å². The lowest BCUT2D eigenvalue weighted by Crippen LogP contribution is -2.70. The number of aliphatic hydroxyl groups is 3. The monoisotopic (exact) mass is 513 g/mol. The van der Waals surface area contributed by atoms with E-state index < -0.39 is 81.4 Å². The van der Waals surface area contributed by atoms with E-state index in [9.17, 15) is 39.6 Å². The summed E-state index contributed by atoms with van der Waals surface area (Å²) < 4.78 is 5.68. The highest BCUT2D eigenvalue weighted by Gasteiger charge is 2.69. The Labute approximate surface area is 211 Å². The van der Waals surface area contributed by atoms with E-state index in [1.54, 1.807) is 0 Å². The Morgan fingerprint density at radius 3 is 2.35 bits per heavy atom. The number of phenols is 1. The van der Waals surface area contributed by atoms with Crippen molar-refractivity contribution < 1.29 is 44.3 Å². The van der Waals surface area contributed by atoms with Crippen molar-refractivity contribution in [1.29, 1.82) is 0 Å². The van der Waals surface area contributed by atoms with Crippen LogP contribution in [0.4, 0.5) is 5.69 Å². The average molecular weight is 514 g/mol. The van der Waals surface area contributed by atoms with E-state index in [-0.39, 0.29) is 28.8 Å². The summed E-state index contributed by atoms with van der Waals surface area (Å²) in [5.74, 6) is -10.0. The quantitative estimate of drug-likeness (QED) is 0.136. The number of anilines is 1. The number of primary amides is 1. The SMILES string of the molecule is C=C1c2ccc(N)c(O)c2C(O)=C2C(=O)[C@@]3(O)C(O)=C(C(N)=O)C(=O)[C@@H](N(C)C)[C@@H]3[C@H](OC(=O)CC)[C@@H]12. The van der Waals surface area contributed by atoms with Crippen LogP contribution in [0.2, 0.25) is 0 Å². The summed E-state index contributed by atoms with van der Waals surface area (Å²) in [6.45, 7) is 5.51. The molecule has 1 aromatic carbocycles. The van der Waals surface area contributed by atoms with Gasteiger partial charge in [-0.2, -0.15) is 0 Å². The number of likely N-dealkylation sites (N-methyl/N-ethyl adjacent to an activating group) is 1. The van der Waals surface area contributed by atoms with E-state index in [0.29, 0.717) is 0 Å². The molecule has 0 aromatic heterocycles. The van der Waals surface area contributed by atoms with Gasteiger partial charge in [0.25, 0.3) is 5.91 Å². The van der Waals surface area contributed by atoms with Crippen LogP contribution in [0.3, 0.4) is 0 Å². The predicted octanol–water partition coefficient (Wildman–Crippen LogP) is -0.0514. The molecular formula is C25H27N3O9. The minimum absolute atomic E-state index is 0.122. The summed E-state index contributed by atoms with van der Waals surface area (Å²) in [4.78, 5) is 53.4. The number of benzene rings is 1. The lowest BCUT2D eigenvalue weighted by atomic mass is 9.55. The molecule has 37 heavy (non-hydrogen) atoms. The second-order valence-electron chi connectivity index (χ2n) is 9.48. The molecular weight excluding hydrogens is 486 g/mol. The van der Waals surface area contributed by atoms with Crippen molar-refractivity contribution in [1.82, 2.24) is 4.90 Å². The predicted molar refractivity (Wildman–Crippen MR) is 130 cm³/mol. The summed E-state index contributed by atoms with van der Waals surface area (Å²) in [5.41, 5.74) is 6.49. The van der Waals surface area contributed by atoms with E-state index in [0.717, 1.165) is 0 Å². The van der Waals surface area contributed by atoms with Crippen molar-refractivity contribution in [3.63, 3.8) is 0 Å². The van der Waals surface area contributed by atoms with Crippen LogP contribution < -0.4 is 11.5 Å². The van der Waals surface area contributed by atoms with Crippen LogP contribution in [-0.2, 0) is 23.9 Å². The van der Waals surface area contributed by atoms with Crippen LogP contribution in [-0.4, -0.2) is 80.6 Å². The Morgan fingerprint density at radius 2 is 1.81 bits per heavy atom. The Bertz CT molecular complexity index is 1360. The molecule has 1 amide bonds. The molecule has 8 N–H and O–H groups in total. The van der Waals surface area contributed by atoms with E-state index in [1.807, 2.05) is 0 Å². The number of esters is 1. The highest BCUT2D eigenvalue weighted by molar-refractivity contribution is 6.25. The molecule has 1 fully saturated rings. The van der Waals surface area contributed by atoms with E-state index in [4.69, 9.17) is 16.2 Å². The first-order valence-corrected chi connectivity index (χ1v) is 11.4. The fourth-order valence-electron chi connectivity index (χ4n) is 5.61. The van der Waals surface area contributed by atoms with Gasteiger partial charge in [0.15, 0.2) is 11.4 Å². The maximum Gasteiger partial charge on any atom is 0.305 e. The van der Waals surface area contributed by atoms with Crippen LogP contribution in [0, 0.1) is 11.8 Å². The topological polar surface area (TPSA) is 214 Å². The third-order valence-electron chi connectivity index (χ3n) is 7.30. The van der Waals surface area contributed by atoms with Crippen molar-refractivity contribution >= 4 is 40.5 Å². The molecule has 4 rings (SSSR count). The summed E-state index contributed by atoms with van der Waals surface area (Å²) in [6, 6.07) is 1.34. The standard InChI is InChI=1S/C25H27N3O9/c1-5-11(29)37-21-12-8(2)9-6-7-10(26)18(30)13(9)19(31)14(12)22(33)25(36)16(21)17(28(3)4)20(32)15(23(25)34)24(27)35/h6-7,12,16-17,21,30-31,34,36H,2,5,26H2,1,3-4H3,(H2,27,35)/t12-,16+,17-,21+,25+/m0/s1. The molecule has 3 aliphatic carbocycles. The van der Waals surface area contributed by atoms with Gasteiger partial charge in [0.05, 0.1) is 34.7 Å². The summed E-state index contributed by atoms with van der Waals surface area (Å²) >= 11 is 0. The van der Waals surface area contributed by atoms with E-state index in [2.05, 4.69) is 6.58 Å². The Morgan fingerprint density at radius 1 is 1.19 bits per heavy atom. The van der Waals surface area contributed by atoms with Gasteiger partial charge in [0, 0.05) is 6.42 Å². The third kappa shape index (κ3) is 3.29. The molecule has 0 bridgehead atoms. The summed E-state index contributed by atoms with van der Waals surface area (Å²) in [7, 11) is 2.86. The van der Waals surface area contributed by atoms with Gasteiger partial charge < -0.3 is 36.6 Å². The zero-order valence-electron chi connectivity index (χ0n) is 20.3. The minimum atomic E-state index is -3.01. The smallest absolute Gasteiger partial charge is 0.305 e. The Hall–Kier alpha value is -4.16. The Kier molecular flexibility index (Phi) is 5.92. The van der Waals surface area contributed by atoms with Crippen LogP contribution in [0.5, 0.6) is 5.75 Å². The van der Waals surface area contributed by atoms with Gasteiger partial charge in [-0.25, -0.2) is 0 Å². The molecule has 12 heteroatoms. The molecule has 5 atom stereocenters. The molecule has 196 valence electrons. The molecule has 0 saturated heterocycles. The number of nitrogens with zero attached hydrogens (tertiary/aromatic N) is 1. The highest BCUT2D eigenvalue weighted by atomic mass is 16.5. The number of fused-ring (bicyclic) bond motifs is 3. The van der Waals surface area contributed by atoms with Crippen molar-refractivity contribution in [3.8, 4) is 5.75 Å². The fraction of sp³-hybridized carbons (Fsp3) is 0.360. The van der Waals surface area contributed by atoms with Gasteiger partial charge in [0.2, 0.25) is 5.78 Å². The maximum absolute atomic E-state index is 14.0. The van der Waals surface area contributed by atoms with Gasteiger partial charge in [-0.1, -0.05) is 19.6 Å². The number of aromatic hydroxyl groups is 1. The summed E-state index contributed by atoms with van der Waals surface area (Å²) in [6.07, 6.45) is -1.65. The van der Waals surface area contributed by atoms with Gasteiger partial charge in [-0.3, -0.25) is 24.1 Å². The number of nitrogens with two attached hydrogens (primary N) is 2. The van der Waals surface area contributed by atoms with Crippen molar-refractivity contribution in [3.05, 3.63) is 46.7 Å². The second kappa shape index (κ2) is 8.46. The number of aliphatic hydroxyl groups excluding tert-OH is 2. The molecule has 1 aromatic rings. The van der Waals surface area contributed by atoms with Crippen LogP contribution in [0.25, 0.3) is 11.3 Å². The number of carbonyl (C=O) groups excluding carboxylic acids is 4. The fourth-order valence-corrected chi connectivity index (χ4v) is 5.61. The molecule has 1 saturated carbocycles. The van der Waals surface area contributed by atoms with Gasteiger partial charge in [-0.15, -0.1) is 0 Å². The normalized spacial score (nSPS) is 29.2. The van der Waals surface area contributed by atoms with E-state index in [1.165, 1.54) is 38.1 Å². The first kappa shape index (κ1) is 25.9. The molecule has 0 aliphatic heterocycles. The van der Waals surface area contributed by atoms with Crippen LogP contribution >= 0.6 is 0 Å². The highest BCUT2D eigenvalue weighted by Crippen LogP contribution is 2.56. The van der Waals surface area contributed by atoms with Crippen LogP contribution in [0.1, 0.15) is 24.5 Å².